The van der Waals surface area contributed by atoms with Crippen molar-refractivity contribution in [2.45, 2.75) is 38.8 Å². The highest BCUT2D eigenvalue weighted by Gasteiger charge is 2.31. The van der Waals surface area contributed by atoms with Crippen molar-refractivity contribution in [2.75, 3.05) is 0 Å². The van der Waals surface area contributed by atoms with Crippen molar-refractivity contribution in [2.24, 2.45) is 10.8 Å². The second kappa shape index (κ2) is 3.55. The highest BCUT2D eigenvalue weighted by Crippen LogP contribution is 2.45. The van der Waals surface area contributed by atoms with E-state index in [9.17, 15) is 5.11 Å². The summed E-state index contributed by atoms with van der Waals surface area (Å²) in [6, 6.07) is 0. The zero-order chi connectivity index (χ0) is 11.3. The normalized spacial score (nSPS) is 23.8. The number of hydrazine groups is 1. The van der Waals surface area contributed by atoms with E-state index in [1.165, 1.54) is 28.3 Å². The Hall–Kier alpha value is -0.910. The van der Waals surface area contributed by atoms with Gasteiger partial charge in [0.1, 0.15) is 10.8 Å². The third-order valence-electron chi connectivity index (χ3n) is 3.35. The molecule has 1 aliphatic carbocycles. The molecular formula is C11H15N3OS. The van der Waals surface area contributed by atoms with Crippen LogP contribution in [0.4, 0.5) is 5.00 Å². The smallest absolute Gasteiger partial charge is 0.171 e. The van der Waals surface area contributed by atoms with E-state index in [1.807, 2.05) is 6.92 Å². The number of aryl methyl sites for hydroxylation is 1. The third-order valence-corrected chi connectivity index (χ3v) is 4.55. The standard InChI is InChI=1S/C11H15N3OS/c1-6-13-10-9(11(15)14(6)12)7-4-2-3-5-8(7)16-10/h11,15H,2-5,12H2,1H3. The highest BCUT2D eigenvalue weighted by molar-refractivity contribution is 7.16. The maximum absolute atomic E-state index is 10.2. The van der Waals surface area contributed by atoms with Crippen molar-refractivity contribution < 1.29 is 5.11 Å². The molecule has 0 aromatic carbocycles. The number of nitrogens with zero attached hydrogens (tertiary/aromatic N) is 2. The van der Waals surface area contributed by atoms with Crippen LogP contribution in [0.2, 0.25) is 0 Å². The number of nitrogens with two attached hydrogens (primary N) is 1. The van der Waals surface area contributed by atoms with E-state index in [0.717, 1.165) is 23.4 Å². The summed E-state index contributed by atoms with van der Waals surface area (Å²) in [5.41, 5.74) is 2.25. The highest BCUT2D eigenvalue weighted by atomic mass is 32.1. The lowest BCUT2D eigenvalue weighted by Crippen LogP contribution is -2.41. The quantitative estimate of drug-likeness (QED) is 0.677. The molecule has 16 heavy (non-hydrogen) atoms. The summed E-state index contributed by atoms with van der Waals surface area (Å²) < 4.78 is 0. The first-order chi connectivity index (χ1) is 7.68. The molecule has 5 heteroatoms. The van der Waals surface area contributed by atoms with Crippen molar-refractivity contribution >= 4 is 22.2 Å². The predicted octanol–water partition coefficient (Wildman–Crippen LogP) is 1.86. The van der Waals surface area contributed by atoms with Crippen LogP contribution >= 0.6 is 11.3 Å². The first-order valence-electron chi connectivity index (χ1n) is 5.60. The van der Waals surface area contributed by atoms with Crippen molar-refractivity contribution in [3.63, 3.8) is 0 Å². The molecule has 0 spiro atoms. The lowest BCUT2D eigenvalue weighted by Gasteiger charge is -2.29. The van der Waals surface area contributed by atoms with Crippen LogP contribution in [0.5, 0.6) is 0 Å². The number of aliphatic hydroxyl groups excluding tert-OH is 1. The molecule has 0 amide bonds. The van der Waals surface area contributed by atoms with Gasteiger partial charge in [-0.2, -0.15) is 0 Å². The van der Waals surface area contributed by atoms with Gasteiger partial charge in [-0.05, 0) is 38.2 Å². The summed E-state index contributed by atoms with van der Waals surface area (Å²) in [7, 11) is 0. The number of thiophene rings is 1. The van der Waals surface area contributed by atoms with Crippen molar-refractivity contribution in [1.82, 2.24) is 5.01 Å². The molecule has 2 aliphatic rings. The van der Waals surface area contributed by atoms with Gasteiger partial charge in [0.15, 0.2) is 6.23 Å². The number of aliphatic imine (C=N–C) groups is 1. The van der Waals surface area contributed by atoms with Gasteiger partial charge >= 0.3 is 0 Å². The van der Waals surface area contributed by atoms with Gasteiger partial charge in [0.2, 0.25) is 0 Å². The van der Waals surface area contributed by atoms with Gasteiger partial charge in [-0.15, -0.1) is 11.3 Å². The lowest BCUT2D eigenvalue weighted by atomic mass is 9.94. The van der Waals surface area contributed by atoms with E-state index in [0.29, 0.717) is 5.84 Å². The fourth-order valence-corrected chi connectivity index (χ4v) is 3.78. The molecule has 0 radical (unpaired) electrons. The Labute approximate surface area is 98.4 Å². The molecule has 3 rings (SSSR count). The summed E-state index contributed by atoms with van der Waals surface area (Å²) >= 11 is 1.72. The molecule has 1 aromatic rings. The first kappa shape index (κ1) is 10.3. The zero-order valence-corrected chi connectivity index (χ0v) is 10.0. The van der Waals surface area contributed by atoms with Gasteiger partial charge in [-0.25, -0.2) is 10.8 Å². The van der Waals surface area contributed by atoms with Crippen molar-refractivity contribution in [3.05, 3.63) is 16.0 Å². The first-order valence-corrected chi connectivity index (χ1v) is 6.42. The molecule has 0 saturated heterocycles. The molecule has 1 aliphatic heterocycles. The molecule has 1 unspecified atom stereocenters. The minimum Gasteiger partial charge on any atom is -0.368 e. The number of amidine groups is 1. The van der Waals surface area contributed by atoms with Crippen LogP contribution in [0.1, 0.15) is 42.0 Å². The Morgan fingerprint density at radius 1 is 1.44 bits per heavy atom. The monoisotopic (exact) mass is 237 g/mol. The molecule has 0 bridgehead atoms. The van der Waals surface area contributed by atoms with Crippen molar-refractivity contribution in [1.29, 1.82) is 0 Å². The lowest BCUT2D eigenvalue weighted by molar-refractivity contribution is 0.0494. The molecule has 86 valence electrons. The van der Waals surface area contributed by atoms with E-state index in [-0.39, 0.29) is 0 Å². The second-order valence-electron chi connectivity index (χ2n) is 4.37. The second-order valence-corrected chi connectivity index (χ2v) is 5.45. The summed E-state index contributed by atoms with van der Waals surface area (Å²) in [4.78, 5) is 5.85. The van der Waals surface area contributed by atoms with Gasteiger partial charge in [-0.1, -0.05) is 0 Å². The fraction of sp³-hybridized carbons (Fsp3) is 0.545. The van der Waals surface area contributed by atoms with E-state index in [1.54, 1.807) is 11.3 Å². The van der Waals surface area contributed by atoms with Crippen LogP contribution in [0.25, 0.3) is 0 Å². The van der Waals surface area contributed by atoms with Crippen LogP contribution < -0.4 is 5.84 Å². The molecular weight excluding hydrogens is 222 g/mol. The minimum atomic E-state index is -0.717. The van der Waals surface area contributed by atoms with Crippen LogP contribution in [-0.4, -0.2) is 16.0 Å². The van der Waals surface area contributed by atoms with E-state index in [4.69, 9.17) is 5.84 Å². The number of hydrogen-bond donors (Lipinski definition) is 2. The zero-order valence-electron chi connectivity index (χ0n) is 9.23. The van der Waals surface area contributed by atoms with Gasteiger partial charge < -0.3 is 5.11 Å². The van der Waals surface area contributed by atoms with Crippen LogP contribution in [0.3, 0.4) is 0 Å². The minimum absolute atomic E-state index is 0.679. The summed E-state index contributed by atoms with van der Waals surface area (Å²) in [5, 5.41) is 12.5. The van der Waals surface area contributed by atoms with Crippen LogP contribution in [-0.2, 0) is 12.8 Å². The molecule has 2 heterocycles. The molecule has 3 N–H and O–H groups in total. The largest absolute Gasteiger partial charge is 0.368 e. The number of hydrogen-bond acceptors (Lipinski definition) is 5. The Morgan fingerprint density at radius 3 is 3.00 bits per heavy atom. The maximum Gasteiger partial charge on any atom is 0.171 e. The SMILES string of the molecule is CC1=Nc2sc3c(c2C(O)N1N)CCCC3. The van der Waals surface area contributed by atoms with Crippen LogP contribution in [0.15, 0.2) is 4.99 Å². The van der Waals surface area contributed by atoms with Gasteiger partial charge in [-0.3, -0.25) is 5.01 Å². The fourth-order valence-electron chi connectivity index (χ4n) is 2.45. The molecule has 0 saturated carbocycles. The third kappa shape index (κ3) is 1.32. The number of fused-ring (bicyclic) bond motifs is 3. The Bertz CT molecular complexity index is 466. The molecule has 1 aromatic heterocycles. The number of rotatable bonds is 0. The number of aliphatic hydroxyl groups is 1. The topological polar surface area (TPSA) is 61.9 Å². The summed E-state index contributed by atoms with van der Waals surface area (Å²) in [5.74, 6) is 6.47. The Morgan fingerprint density at radius 2 is 2.19 bits per heavy atom. The van der Waals surface area contributed by atoms with Gasteiger partial charge in [0.25, 0.3) is 0 Å². The van der Waals surface area contributed by atoms with E-state index >= 15 is 0 Å². The van der Waals surface area contributed by atoms with Crippen LogP contribution in [0, 0.1) is 0 Å². The Kier molecular flexibility index (Phi) is 2.27. The van der Waals surface area contributed by atoms with E-state index in [2.05, 4.69) is 4.99 Å². The molecule has 4 nitrogen and oxygen atoms in total. The Balaban J connectivity index is 2.17. The van der Waals surface area contributed by atoms with Crippen molar-refractivity contribution in [3.8, 4) is 0 Å². The molecule has 1 atom stereocenters. The predicted molar refractivity (Wildman–Crippen MR) is 64.7 cm³/mol. The maximum atomic E-state index is 10.2. The van der Waals surface area contributed by atoms with Gasteiger partial charge in [0, 0.05) is 10.4 Å². The summed E-state index contributed by atoms with van der Waals surface area (Å²) in [6.45, 7) is 1.82. The molecule has 0 fully saturated rings. The average Bonchev–Trinajstić information content (AvgIpc) is 2.64. The average molecular weight is 237 g/mol. The summed E-state index contributed by atoms with van der Waals surface area (Å²) in [6.07, 6.45) is 3.92. The van der Waals surface area contributed by atoms with E-state index < -0.39 is 6.23 Å². The van der Waals surface area contributed by atoms with Gasteiger partial charge in [0.05, 0.1) is 0 Å².